The van der Waals surface area contributed by atoms with Crippen molar-refractivity contribution in [2.45, 2.75) is 19.4 Å². The molecule has 20 heavy (non-hydrogen) atoms. The second-order valence-electron chi connectivity index (χ2n) is 4.91. The molecule has 2 N–H and O–H groups in total. The van der Waals surface area contributed by atoms with Gasteiger partial charge in [0.15, 0.2) is 0 Å². The molecule has 1 amide bonds. The molecule has 1 aromatic carbocycles. The minimum Gasteiger partial charge on any atom is -0.385 e. The van der Waals surface area contributed by atoms with Crippen LogP contribution in [-0.4, -0.2) is 42.8 Å². The number of fused-ring (bicyclic) bond motifs is 1. The van der Waals surface area contributed by atoms with Crippen molar-refractivity contribution in [3.05, 3.63) is 34.6 Å². The SMILES string of the molecule is COCCCN1CCc2cc(C(=O)NO)cc(F)c2C1. The summed E-state index contributed by atoms with van der Waals surface area (Å²) in [5, 5.41) is 8.60. The second kappa shape index (κ2) is 6.78. The van der Waals surface area contributed by atoms with Crippen molar-refractivity contribution < 1.29 is 19.1 Å². The summed E-state index contributed by atoms with van der Waals surface area (Å²) in [4.78, 5) is 13.5. The van der Waals surface area contributed by atoms with Crippen LogP contribution in [0.2, 0.25) is 0 Å². The molecule has 0 spiro atoms. The summed E-state index contributed by atoms with van der Waals surface area (Å²) in [7, 11) is 1.67. The molecule has 1 aliphatic rings. The molecule has 0 saturated carbocycles. The molecule has 5 nitrogen and oxygen atoms in total. The lowest BCUT2D eigenvalue weighted by Crippen LogP contribution is -2.33. The molecule has 6 heteroatoms. The molecule has 0 bridgehead atoms. The third kappa shape index (κ3) is 3.33. The van der Waals surface area contributed by atoms with Crippen LogP contribution in [0.25, 0.3) is 0 Å². The minimum absolute atomic E-state index is 0.150. The molecular weight excluding hydrogens is 263 g/mol. The Hall–Kier alpha value is -1.50. The summed E-state index contributed by atoms with van der Waals surface area (Å²) in [5.74, 6) is -1.08. The van der Waals surface area contributed by atoms with Gasteiger partial charge in [0.05, 0.1) is 0 Å². The van der Waals surface area contributed by atoms with Crippen LogP contribution in [-0.2, 0) is 17.7 Å². The Balaban J connectivity index is 2.11. The van der Waals surface area contributed by atoms with Crippen LogP contribution in [0.5, 0.6) is 0 Å². The van der Waals surface area contributed by atoms with E-state index < -0.39 is 11.7 Å². The van der Waals surface area contributed by atoms with E-state index in [9.17, 15) is 9.18 Å². The Morgan fingerprint density at radius 2 is 2.35 bits per heavy atom. The van der Waals surface area contributed by atoms with Gasteiger partial charge in [0.2, 0.25) is 0 Å². The van der Waals surface area contributed by atoms with Crippen LogP contribution in [0.1, 0.15) is 27.9 Å². The number of carbonyl (C=O) groups is 1. The number of hydrogen-bond acceptors (Lipinski definition) is 4. The van der Waals surface area contributed by atoms with Crippen LogP contribution in [0, 0.1) is 5.82 Å². The predicted molar refractivity (Wildman–Crippen MR) is 71.1 cm³/mol. The fraction of sp³-hybridized carbons (Fsp3) is 0.500. The summed E-state index contributed by atoms with van der Waals surface area (Å²) < 4.78 is 19.1. The van der Waals surface area contributed by atoms with E-state index in [0.717, 1.165) is 25.1 Å². The number of ether oxygens (including phenoxy) is 1. The third-order valence-electron chi connectivity index (χ3n) is 3.55. The highest BCUT2D eigenvalue weighted by Gasteiger charge is 2.21. The lowest BCUT2D eigenvalue weighted by molar-refractivity contribution is 0.0705. The zero-order valence-electron chi connectivity index (χ0n) is 11.5. The quantitative estimate of drug-likeness (QED) is 0.486. The van der Waals surface area contributed by atoms with E-state index in [-0.39, 0.29) is 5.56 Å². The first-order valence-corrected chi connectivity index (χ1v) is 6.62. The van der Waals surface area contributed by atoms with Gasteiger partial charge in [-0.15, -0.1) is 0 Å². The van der Waals surface area contributed by atoms with E-state index >= 15 is 0 Å². The van der Waals surface area contributed by atoms with Crippen LogP contribution < -0.4 is 5.48 Å². The average molecular weight is 282 g/mol. The molecule has 110 valence electrons. The number of hydrogen-bond donors (Lipinski definition) is 2. The Labute approximate surface area is 117 Å². The van der Waals surface area contributed by atoms with Gasteiger partial charge in [-0.05, 0) is 30.5 Å². The molecule has 1 aliphatic heterocycles. The van der Waals surface area contributed by atoms with Gasteiger partial charge in [0.1, 0.15) is 5.82 Å². The molecule has 0 saturated heterocycles. The normalized spacial score (nSPS) is 14.9. The van der Waals surface area contributed by atoms with E-state index in [0.29, 0.717) is 25.1 Å². The summed E-state index contributed by atoms with van der Waals surface area (Å²) in [5.41, 5.74) is 3.16. The third-order valence-corrected chi connectivity index (χ3v) is 3.55. The van der Waals surface area contributed by atoms with E-state index in [4.69, 9.17) is 9.94 Å². The number of benzene rings is 1. The van der Waals surface area contributed by atoms with Crippen LogP contribution >= 0.6 is 0 Å². The summed E-state index contributed by atoms with van der Waals surface area (Å²) >= 11 is 0. The van der Waals surface area contributed by atoms with Crippen molar-refractivity contribution in [3.63, 3.8) is 0 Å². The molecule has 0 radical (unpaired) electrons. The number of methoxy groups -OCH3 is 1. The van der Waals surface area contributed by atoms with Crippen molar-refractivity contribution in [1.82, 2.24) is 10.4 Å². The van der Waals surface area contributed by atoms with Gasteiger partial charge in [-0.3, -0.25) is 14.9 Å². The summed E-state index contributed by atoms with van der Waals surface area (Å²) in [6.07, 6.45) is 1.62. The molecular formula is C14H19FN2O3. The maximum atomic E-state index is 14.1. The number of rotatable bonds is 5. The van der Waals surface area contributed by atoms with E-state index in [1.165, 1.54) is 11.5 Å². The number of amides is 1. The van der Waals surface area contributed by atoms with Gasteiger partial charge < -0.3 is 4.74 Å². The average Bonchev–Trinajstić information content (AvgIpc) is 2.47. The molecule has 0 atom stereocenters. The van der Waals surface area contributed by atoms with Crippen LogP contribution in [0.3, 0.4) is 0 Å². The smallest absolute Gasteiger partial charge is 0.274 e. The van der Waals surface area contributed by atoms with Gasteiger partial charge in [-0.1, -0.05) is 0 Å². The molecule has 0 aliphatic carbocycles. The largest absolute Gasteiger partial charge is 0.385 e. The van der Waals surface area contributed by atoms with E-state index in [2.05, 4.69) is 4.90 Å². The first kappa shape index (κ1) is 14.9. The summed E-state index contributed by atoms with van der Waals surface area (Å²) in [6.45, 7) is 2.94. The summed E-state index contributed by atoms with van der Waals surface area (Å²) in [6, 6.07) is 2.82. The molecule has 1 aromatic rings. The molecule has 1 heterocycles. The standard InChI is InChI=1S/C14H19FN2O3/c1-20-6-2-4-17-5-3-10-7-11(14(18)16-19)8-13(15)12(10)9-17/h7-8,19H,2-6,9H2,1H3,(H,16,18). The number of halogens is 1. The van der Waals surface area contributed by atoms with Crippen molar-refractivity contribution in [2.24, 2.45) is 0 Å². The van der Waals surface area contributed by atoms with Crippen molar-refractivity contribution in [3.8, 4) is 0 Å². The predicted octanol–water partition coefficient (Wildman–Crippen LogP) is 1.34. The highest BCUT2D eigenvalue weighted by molar-refractivity contribution is 5.93. The van der Waals surface area contributed by atoms with Crippen molar-refractivity contribution >= 4 is 5.91 Å². The molecule has 0 unspecified atom stereocenters. The van der Waals surface area contributed by atoms with Gasteiger partial charge in [0.25, 0.3) is 5.91 Å². The number of carbonyl (C=O) groups excluding carboxylic acids is 1. The topological polar surface area (TPSA) is 61.8 Å². The van der Waals surface area contributed by atoms with E-state index in [1.54, 1.807) is 13.2 Å². The molecule has 0 aromatic heterocycles. The van der Waals surface area contributed by atoms with Crippen LogP contribution in [0.4, 0.5) is 4.39 Å². The van der Waals surface area contributed by atoms with E-state index in [1.807, 2.05) is 0 Å². The van der Waals surface area contributed by atoms with Gasteiger partial charge in [0, 0.05) is 44.5 Å². The van der Waals surface area contributed by atoms with Crippen LogP contribution in [0.15, 0.2) is 12.1 Å². The van der Waals surface area contributed by atoms with Gasteiger partial charge in [-0.25, -0.2) is 9.87 Å². The Kier molecular flexibility index (Phi) is 5.05. The first-order valence-electron chi connectivity index (χ1n) is 6.62. The number of hydroxylamine groups is 1. The maximum absolute atomic E-state index is 14.1. The van der Waals surface area contributed by atoms with Gasteiger partial charge in [-0.2, -0.15) is 0 Å². The molecule has 2 rings (SSSR count). The number of nitrogens with one attached hydrogen (secondary N) is 1. The second-order valence-corrected chi connectivity index (χ2v) is 4.91. The highest BCUT2D eigenvalue weighted by atomic mass is 19.1. The fourth-order valence-corrected chi connectivity index (χ4v) is 2.49. The lowest BCUT2D eigenvalue weighted by Gasteiger charge is -2.29. The lowest BCUT2D eigenvalue weighted by atomic mass is 9.96. The first-order chi connectivity index (χ1) is 9.65. The Morgan fingerprint density at radius 1 is 1.55 bits per heavy atom. The number of nitrogens with zero attached hydrogens (tertiary/aromatic N) is 1. The highest BCUT2D eigenvalue weighted by Crippen LogP contribution is 2.23. The molecule has 0 fully saturated rings. The fourth-order valence-electron chi connectivity index (χ4n) is 2.49. The Morgan fingerprint density at radius 3 is 3.05 bits per heavy atom. The van der Waals surface area contributed by atoms with Crippen molar-refractivity contribution in [1.29, 1.82) is 0 Å². The monoisotopic (exact) mass is 282 g/mol. The maximum Gasteiger partial charge on any atom is 0.274 e. The minimum atomic E-state index is -0.686. The van der Waals surface area contributed by atoms with Crippen molar-refractivity contribution in [2.75, 3.05) is 26.8 Å². The zero-order chi connectivity index (χ0) is 14.5. The Bertz CT molecular complexity index is 494. The zero-order valence-corrected chi connectivity index (χ0v) is 11.5. The van der Waals surface area contributed by atoms with Gasteiger partial charge >= 0.3 is 0 Å².